The monoisotopic (exact) mass is 385 g/mol. The van der Waals surface area contributed by atoms with Crippen molar-refractivity contribution in [2.75, 3.05) is 5.73 Å². The predicted octanol–water partition coefficient (Wildman–Crippen LogP) is 4.74. The van der Waals surface area contributed by atoms with E-state index in [1.54, 1.807) is 16.8 Å². The lowest BCUT2D eigenvalue weighted by molar-refractivity contribution is 0.628. The molecule has 0 aliphatic rings. The molecule has 2 aromatic carbocycles. The highest BCUT2D eigenvalue weighted by molar-refractivity contribution is 7.13. The first-order chi connectivity index (χ1) is 12.5. The number of nitrogens with zero attached hydrogens (tertiary/aromatic N) is 4. The van der Waals surface area contributed by atoms with Crippen molar-refractivity contribution in [1.29, 1.82) is 0 Å². The molecule has 8 heteroatoms. The second kappa shape index (κ2) is 6.51. The maximum absolute atomic E-state index is 13.1. The van der Waals surface area contributed by atoms with Crippen LogP contribution in [0.25, 0.3) is 27.6 Å². The van der Waals surface area contributed by atoms with E-state index in [1.165, 1.54) is 23.5 Å². The Labute approximate surface area is 157 Å². The minimum absolute atomic E-state index is 0.284. The zero-order valence-electron chi connectivity index (χ0n) is 13.6. The van der Waals surface area contributed by atoms with Gasteiger partial charge in [-0.1, -0.05) is 22.9 Å². The molecule has 0 aliphatic carbocycles. The molecule has 0 amide bonds. The van der Waals surface area contributed by atoms with E-state index in [2.05, 4.69) is 15.3 Å². The second-order valence-corrected chi connectivity index (χ2v) is 6.93. The van der Waals surface area contributed by atoms with E-state index in [9.17, 15) is 4.39 Å². The molecule has 2 aromatic heterocycles. The van der Waals surface area contributed by atoms with Crippen molar-refractivity contribution in [1.82, 2.24) is 20.0 Å². The van der Waals surface area contributed by atoms with Gasteiger partial charge in [-0.3, -0.25) is 0 Å². The number of halogens is 2. The fourth-order valence-electron chi connectivity index (χ4n) is 2.58. The summed E-state index contributed by atoms with van der Waals surface area (Å²) in [4.78, 5) is 4.56. The van der Waals surface area contributed by atoms with Gasteiger partial charge in [0.25, 0.3) is 0 Å². The number of hydrogen-bond acceptors (Lipinski definition) is 5. The largest absolute Gasteiger partial charge is 0.382 e. The van der Waals surface area contributed by atoms with Gasteiger partial charge in [0.2, 0.25) is 0 Å². The molecular weight excluding hydrogens is 373 g/mol. The molecule has 0 aliphatic heterocycles. The zero-order chi connectivity index (χ0) is 18.3. The standard InChI is InChI=1S/C18H13ClFN5S/c1-10-13(19)3-2-4-15(10)25-17(21)16(23-24-25)18-22-14(9-26-18)11-5-7-12(20)8-6-11/h2-9H,21H2,1H3. The average molecular weight is 386 g/mol. The predicted molar refractivity (Wildman–Crippen MR) is 102 cm³/mol. The number of benzene rings is 2. The van der Waals surface area contributed by atoms with Gasteiger partial charge in [-0.2, -0.15) is 4.68 Å². The summed E-state index contributed by atoms with van der Waals surface area (Å²) in [7, 11) is 0. The van der Waals surface area contributed by atoms with Crippen LogP contribution in [0.1, 0.15) is 5.56 Å². The number of aromatic nitrogens is 4. The molecule has 0 radical (unpaired) electrons. The van der Waals surface area contributed by atoms with E-state index >= 15 is 0 Å². The molecule has 0 fully saturated rings. The van der Waals surface area contributed by atoms with Crippen LogP contribution >= 0.6 is 22.9 Å². The van der Waals surface area contributed by atoms with Gasteiger partial charge in [-0.05, 0) is 48.9 Å². The van der Waals surface area contributed by atoms with Gasteiger partial charge in [0, 0.05) is 16.0 Å². The van der Waals surface area contributed by atoms with E-state index in [4.69, 9.17) is 17.3 Å². The molecule has 26 heavy (non-hydrogen) atoms. The highest BCUT2D eigenvalue weighted by Crippen LogP contribution is 2.32. The van der Waals surface area contributed by atoms with E-state index in [0.29, 0.717) is 21.5 Å². The molecule has 2 N–H and O–H groups in total. The molecule has 0 bridgehead atoms. The van der Waals surface area contributed by atoms with Crippen LogP contribution in [0.5, 0.6) is 0 Å². The zero-order valence-corrected chi connectivity index (χ0v) is 15.2. The van der Waals surface area contributed by atoms with Crippen LogP contribution in [-0.2, 0) is 0 Å². The highest BCUT2D eigenvalue weighted by Gasteiger charge is 2.18. The average Bonchev–Trinajstić information content (AvgIpc) is 3.25. The van der Waals surface area contributed by atoms with Crippen molar-refractivity contribution in [2.24, 2.45) is 0 Å². The summed E-state index contributed by atoms with van der Waals surface area (Å²) in [6.07, 6.45) is 0. The van der Waals surface area contributed by atoms with Crippen LogP contribution in [0, 0.1) is 12.7 Å². The van der Waals surface area contributed by atoms with Crippen molar-refractivity contribution < 1.29 is 4.39 Å². The summed E-state index contributed by atoms with van der Waals surface area (Å²) < 4.78 is 14.6. The van der Waals surface area contributed by atoms with Gasteiger partial charge in [0.15, 0.2) is 11.5 Å². The Hall–Kier alpha value is -2.77. The van der Waals surface area contributed by atoms with Crippen molar-refractivity contribution >= 4 is 28.8 Å². The van der Waals surface area contributed by atoms with Crippen LogP contribution in [0.4, 0.5) is 10.2 Å². The minimum Gasteiger partial charge on any atom is -0.382 e. The lowest BCUT2D eigenvalue weighted by Crippen LogP contribution is -2.04. The highest BCUT2D eigenvalue weighted by atomic mass is 35.5. The normalized spacial score (nSPS) is 11.0. The molecule has 2 heterocycles. The third-order valence-corrected chi connectivity index (χ3v) is 5.28. The van der Waals surface area contributed by atoms with Crippen molar-refractivity contribution in [3.05, 3.63) is 64.2 Å². The number of thiazole rings is 1. The molecule has 0 saturated carbocycles. The maximum Gasteiger partial charge on any atom is 0.165 e. The molecule has 0 atom stereocenters. The Morgan fingerprint density at radius 3 is 2.69 bits per heavy atom. The smallest absolute Gasteiger partial charge is 0.165 e. The molecule has 0 spiro atoms. The molecule has 0 unspecified atom stereocenters. The van der Waals surface area contributed by atoms with Crippen molar-refractivity contribution in [2.45, 2.75) is 6.92 Å². The van der Waals surface area contributed by atoms with Crippen LogP contribution in [-0.4, -0.2) is 20.0 Å². The Balaban J connectivity index is 1.73. The van der Waals surface area contributed by atoms with Gasteiger partial charge >= 0.3 is 0 Å². The Kier molecular flexibility index (Phi) is 4.18. The van der Waals surface area contributed by atoms with Crippen molar-refractivity contribution in [3.8, 4) is 27.6 Å². The Morgan fingerprint density at radius 2 is 1.92 bits per heavy atom. The van der Waals surface area contributed by atoms with Crippen LogP contribution < -0.4 is 5.73 Å². The summed E-state index contributed by atoms with van der Waals surface area (Å²) in [5.41, 5.74) is 9.96. The van der Waals surface area contributed by atoms with Gasteiger partial charge in [-0.15, -0.1) is 16.4 Å². The summed E-state index contributed by atoms with van der Waals surface area (Å²) in [6, 6.07) is 11.7. The number of anilines is 1. The first-order valence-corrected chi connectivity index (χ1v) is 8.99. The van der Waals surface area contributed by atoms with Gasteiger partial charge in [0.05, 0.1) is 11.4 Å². The van der Waals surface area contributed by atoms with Crippen LogP contribution in [0.15, 0.2) is 47.8 Å². The third kappa shape index (κ3) is 2.85. The van der Waals surface area contributed by atoms with E-state index < -0.39 is 0 Å². The summed E-state index contributed by atoms with van der Waals surface area (Å²) in [6.45, 7) is 1.90. The van der Waals surface area contributed by atoms with Gasteiger partial charge in [-0.25, -0.2) is 9.37 Å². The summed E-state index contributed by atoms with van der Waals surface area (Å²) in [5, 5.41) is 11.5. The van der Waals surface area contributed by atoms with E-state index in [0.717, 1.165) is 22.5 Å². The molecule has 4 aromatic rings. The van der Waals surface area contributed by atoms with Crippen LogP contribution in [0.3, 0.4) is 0 Å². The minimum atomic E-state index is -0.284. The third-order valence-electron chi connectivity index (χ3n) is 4.02. The lowest BCUT2D eigenvalue weighted by atomic mass is 10.2. The molecular formula is C18H13ClFN5S. The number of hydrogen-bond donors (Lipinski definition) is 1. The van der Waals surface area contributed by atoms with E-state index in [1.807, 2.05) is 30.5 Å². The van der Waals surface area contributed by atoms with Crippen LogP contribution in [0.2, 0.25) is 5.02 Å². The summed E-state index contributed by atoms with van der Waals surface area (Å²) in [5.74, 6) is 0.101. The number of rotatable bonds is 3. The van der Waals surface area contributed by atoms with Gasteiger partial charge in [0.1, 0.15) is 10.8 Å². The topological polar surface area (TPSA) is 69.6 Å². The lowest BCUT2D eigenvalue weighted by Gasteiger charge is -2.07. The number of nitrogen functional groups attached to an aromatic ring is 1. The van der Waals surface area contributed by atoms with Gasteiger partial charge < -0.3 is 5.73 Å². The quantitative estimate of drug-likeness (QED) is 0.553. The molecule has 130 valence electrons. The fraction of sp³-hybridized carbons (Fsp3) is 0.0556. The summed E-state index contributed by atoms with van der Waals surface area (Å²) >= 11 is 7.59. The van der Waals surface area contributed by atoms with Crippen molar-refractivity contribution in [3.63, 3.8) is 0 Å². The number of nitrogens with two attached hydrogens (primary N) is 1. The fourth-order valence-corrected chi connectivity index (χ4v) is 3.57. The first kappa shape index (κ1) is 16.7. The molecule has 0 saturated heterocycles. The first-order valence-electron chi connectivity index (χ1n) is 7.73. The van der Waals surface area contributed by atoms with E-state index in [-0.39, 0.29) is 5.82 Å². The SMILES string of the molecule is Cc1c(Cl)cccc1-n1nnc(-c2nc(-c3ccc(F)cc3)cs2)c1N. The molecule has 4 rings (SSSR count). The Bertz CT molecular complexity index is 1090. The second-order valence-electron chi connectivity index (χ2n) is 5.66. The Morgan fingerprint density at radius 1 is 1.15 bits per heavy atom. The molecule has 5 nitrogen and oxygen atoms in total. The maximum atomic E-state index is 13.1.